The maximum absolute atomic E-state index is 5.58. The first-order valence-corrected chi connectivity index (χ1v) is 7.50. The van der Waals surface area contributed by atoms with E-state index in [0.29, 0.717) is 4.83 Å². The fraction of sp³-hybridized carbons (Fsp3) is 0.300. The minimum Gasteiger partial charge on any atom is -0.431 e. The monoisotopic (exact) mass is 349 g/mol. The molecule has 0 fully saturated rings. The van der Waals surface area contributed by atoms with Gasteiger partial charge in [-0.15, -0.1) is 0 Å². The predicted octanol–water partition coefficient (Wildman–Crippen LogP) is 4.08. The van der Waals surface area contributed by atoms with Crippen molar-refractivity contribution in [2.24, 2.45) is 0 Å². The predicted molar refractivity (Wildman–Crippen MR) is 71.2 cm³/mol. The first kappa shape index (κ1) is 11.5. The summed E-state index contributed by atoms with van der Waals surface area (Å²) in [6, 6.07) is 7.81. The molecule has 2 nitrogen and oxygen atoms in total. The third-order valence-corrected chi connectivity index (χ3v) is 5.55. The summed E-state index contributed by atoms with van der Waals surface area (Å²) in [5.74, 6) is 0.943. The topological polar surface area (TPSA) is 26.0 Å². The SMILES string of the molecule is BrC[C@@H](Br)CSc1nc2ccccc2o1. The lowest BCUT2D eigenvalue weighted by molar-refractivity contribution is 0.489. The zero-order chi connectivity index (χ0) is 10.7. The zero-order valence-corrected chi connectivity index (χ0v) is 11.8. The molecular formula is C10H9Br2NOS. The average Bonchev–Trinajstić information content (AvgIpc) is 2.68. The summed E-state index contributed by atoms with van der Waals surface area (Å²) in [4.78, 5) is 4.82. The lowest BCUT2D eigenvalue weighted by atomic mass is 10.3. The Hall–Kier alpha value is 0.000000000000000167. The number of benzene rings is 1. The van der Waals surface area contributed by atoms with Gasteiger partial charge in [-0.1, -0.05) is 55.8 Å². The van der Waals surface area contributed by atoms with Gasteiger partial charge in [0.25, 0.3) is 5.22 Å². The second kappa shape index (κ2) is 5.37. The Morgan fingerprint density at radius 1 is 1.40 bits per heavy atom. The van der Waals surface area contributed by atoms with Crippen molar-refractivity contribution >= 4 is 54.7 Å². The molecule has 15 heavy (non-hydrogen) atoms. The van der Waals surface area contributed by atoms with E-state index >= 15 is 0 Å². The Kier molecular flexibility index (Phi) is 4.11. The molecule has 2 aromatic rings. The van der Waals surface area contributed by atoms with Crippen LogP contribution in [0.15, 0.2) is 33.9 Å². The highest BCUT2D eigenvalue weighted by Gasteiger charge is 2.08. The van der Waals surface area contributed by atoms with Gasteiger partial charge in [0.1, 0.15) is 5.52 Å². The van der Waals surface area contributed by atoms with E-state index in [9.17, 15) is 0 Å². The van der Waals surface area contributed by atoms with Crippen molar-refractivity contribution in [3.63, 3.8) is 0 Å². The van der Waals surface area contributed by atoms with Crippen molar-refractivity contribution < 1.29 is 4.42 Å². The van der Waals surface area contributed by atoms with E-state index in [4.69, 9.17) is 4.42 Å². The first-order valence-electron chi connectivity index (χ1n) is 4.48. The van der Waals surface area contributed by atoms with Crippen LogP contribution in [0.1, 0.15) is 0 Å². The van der Waals surface area contributed by atoms with Crippen molar-refractivity contribution in [1.82, 2.24) is 4.98 Å². The molecule has 80 valence electrons. The van der Waals surface area contributed by atoms with E-state index < -0.39 is 0 Å². The van der Waals surface area contributed by atoms with Crippen LogP contribution >= 0.6 is 43.6 Å². The second-order valence-electron chi connectivity index (χ2n) is 3.01. The summed E-state index contributed by atoms with van der Waals surface area (Å²) in [6.07, 6.45) is 0. The molecule has 0 amide bonds. The number of hydrogen-bond acceptors (Lipinski definition) is 3. The van der Waals surface area contributed by atoms with Crippen molar-refractivity contribution in [3.05, 3.63) is 24.3 Å². The summed E-state index contributed by atoms with van der Waals surface area (Å²) in [7, 11) is 0. The molecule has 0 unspecified atom stereocenters. The van der Waals surface area contributed by atoms with E-state index in [2.05, 4.69) is 36.8 Å². The number of aromatic nitrogens is 1. The molecule has 2 rings (SSSR count). The van der Waals surface area contributed by atoms with Gasteiger partial charge in [-0.05, 0) is 12.1 Å². The van der Waals surface area contributed by atoms with Gasteiger partial charge in [-0.2, -0.15) is 0 Å². The maximum atomic E-state index is 5.58. The normalized spacial score (nSPS) is 13.2. The maximum Gasteiger partial charge on any atom is 0.256 e. The second-order valence-corrected chi connectivity index (χ2v) is 5.92. The van der Waals surface area contributed by atoms with Gasteiger partial charge in [-0.25, -0.2) is 4.98 Å². The van der Waals surface area contributed by atoms with Crippen LogP contribution in [0, 0.1) is 0 Å². The van der Waals surface area contributed by atoms with E-state index in [1.165, 1.54) is 0 Å². The number of para-hydroxylation sites is 2. The summed E-state index contributed by atoms with van der Waals surface area (Å²) >= 11 is 8.58. The molecule has 1 aromatic carbocycles. The molecule has 0 aliphatic rings. The molecule has 1 aromatic heterocycles. The van der Waals surface area contributed by atoms with Crippen molar-refractivity contribution in [2.75, 3.05) is 11.1 Å². The number of alkyl halides is 2. The summed E-state index contributed by atoms with van der Waals surface area (Å²) < 4.78 is 5.58. The fourth-order valence-electron chi connectivity index (χ4n) is 1.12. The van der Waals surface area contributed by atoms with Gasteiger partial charge in [0.2, 0.25) is 0 Å². The summed E-state index contributed by atoms with van der Waals surface area (Å²) in [5, 5.41) is 1.67. The summed E-state index contributed by atoms with van der Waals surface area (Å²) in [6.45, 7) is 0. The van der Waals surface area contributed by atoms with Gasteiger partial charge in [0.15, 0.2) is 5.58 Å². The molecule has 0 bridgehead atoms. The molecule has 0 spiro atoms. The Morgan fingerprint density at radius 2 is 2.20 bits per heavy atom. The largest absolute Gasteiger partial charge is 0.431 e. The molecule has 0 aliphatic heterocycles. The fourth-order valence-corrected chi connectivity index (χ4v) is 2.80. The molecule has 0 saturated carbocycles. The van der Waals surface area contributed by atoms with E-state index in [-0.39, 0.29) is 0 Å². The first-order chi connectivity index (χ1) is 7.29. The van der Waals surface area contributed by atoms with Crippen LogP contribution in [0.25, 0.3) is 11.1 Å². The lowest BCUT2D eigenvalue weighted by Gasteiger charge is -2.00. The zero-order valence-electron chi connectivity index (χ0n) is 7.82. The number of nitrogens with zero attached hydrogens (tertiary/aromatic N) is 1. The Bertz CT molecular complexity index is 413. The van der Waals surface area contributed by atoms with Crippen LogP contribution in [0.2, 0.25) is 0 Å². The molecule has 1 atom stereocenters. The highest BCUT2D eigenvalue weighted by atomic mass is 79.9. The average molecular weight is 351 g/mol. The third-order valence-electron chi connectivity index (χ3n) is 1.83. The van der Waals surface area contributed by atoms with E-state index in [1.54, 1.807) is 11.8 Å². The number of halogens is 2. The van der Waals surface area contributed by atoms with Gasteiger partial charge < -0.3 is 4.42 Å². The summed E-state index contributed by atoms with van der Waals surface area (Å²) in [5.41, 5.74) is 1.77. The standard InChI is InChI=1S/C10H9Br2NOS/c11-5-7(12)6-15-10-13-8-3-1-2-4-9(8)14-10/h1-4,7H,5-6H2/t7-/m1/s1. The van der Waals surface area contributed by atoms with Gasteiger partial charge in [0.05, 0.1) is 0 Å². The van der Waals surface area contributed by atoms with Crippen LogP contribution in [0.3, 0.4) is 0 Å². The van der Waals surface area contributed by atoms with Crippen molar-refractivity contribution in [2.45, 2.75) is 10.0 Å². The van der Waals surface area contributed by atoms with Crippen LogP contribution in [-0.2, 0) is 0 Å². The van der Waals surface area contributed by atoms with E-state index in [0.717, 1.165) is 27.4 Å². The minimum absolute atomic E-state index is 0.442. The molecule has 0 saturated heterocycles. The Morgan fingerprint density at radius 3 is 2.93 bits per heavy atom. The van der Waals surface area contributed by atoms with E-state index in [1.807, 2.05) is 24.3 Å². The quantitative estimate of drug-likeness (QED) is 0.613. The number of thioether (sulfide) groups is 1. The van der Waals surface area contributed by atoms with Crippen LogP contribution in [-0.4, -0.2) is 20.9 Å². The molecule has 0 radical (unpaired) electrons. The smallest absolute Gasteiger partial charge is 0.256 e. The Labute approximate surface area is 109 Å². The highest BCUT2D eigenvalue weighted by Crippen LogP contribution is 2.25. The minimum atomic E-state index is 0.442. The van der Waals surface area contributed by atoms with Crippen molar-refractivity contribution in [1.29, 1.82) is 0 Å². The van der Waals surface area contributed by atoms with Crippen LogP contribution in [0.5, 0.6) is 0 Å². The lowest BCUT2D eigenvalue weighted by Crippen LogP contribution is -2.01. The molecular weight excluding hydrogens is 342 g/mol. The number of fused-ring (bicyclic) bond motifs is 1. The molecule has 1 heterocycles. The molecule has 0 aliphatic carbocycles. The van der Waals surface area contributed by atoms with Gasteiger partial charge >= 0.3 is 0 Å². The highest BCUT2D eigenvalue weighted by molar-refractivity contribution is 9.12. The molecule has 5 heteroatoms. The number of rotatable bonds is 4. The van der Waals surface area contributed by atoms with Gasteiger partial charge in [0, 0.05) is 15.9 Å². The van der Waals surface area contributed by atoms with Crippen molar-refractivity contribution in [3.8, 4) is 0 Å². The number of oxazole rings is 1. The third kappa shape index (κ3) is 2.98. The van der Waals surface area contributed by atoms with Crippen LogP contribution < -0.4 is 0 Å². The van der Waals surface area contributed by atoms with Gasteiger partial charge in [-0.3, -0.25) is 0 Å². The molecule has 0 N–H and O–H groups in total. The Balaban J connectivity index is 2.09. The number of hydrogen-bond donors (Lipinski definition) is 0. The van der Waals surface area contributed by atoms with Crippen LogP contribution in [0.4, 0.5) is 0 Å².